The average Bonchev–Trinajstić information content (AvgIpc) is 3.35. The molecule has 0 bridgehead atoms. The topological polar surface area (TPSA) is 47.2 Å². The molecule has 0 fully saturated rings. The molecule has 140 valence electrons. The lowest BCUT2D eigenvalue weighted by Crippen LogP contribution is -2.23. The Morgan fingerprint density at radius 2 is 1.79 bits per heavy atom. The summed E-state index contributed by atoms with van der Waals surface area (Å²) in [6.07, 6.45) is 1.59. The molecule has 28 heavy (non-hydrogen) atoms. The lowest BCUT2D eigenvalue weighted by Gasteiger charge is -2.12. The zero-order valence-corrected chi connectivity index (χ0v) is 16.1. The molecule has 0 radical (unpaired) electrons. The molecule has 5 heteroatoms. The Balaban J connectivity index is 1.75. The molecule has 1 amide bonds. The Morgan fingerprint density at radius 1 is 1.04 bits per heavy atom. The van der Waals surface area contributed by atoms with E-state index in [1.807, 2.05) is 73.7 Å². The van der Waals surface area contributed by atoms with Crippen LogP contribution in [-0.4, -0.2) is 10.5 Å². The Kier molecular flexibility index (Phi) is 5.04. The number of hydrogen-bond donors (Lipinski definition) is 1. The van der Waals surface area contributed by atoms with Crippen molar-refractivity contribution in [3.05, 3.63) is 101 Å². The van der Waals surface area contributed by atoms with Crippen molar-refractivity contribution >= 4 is 17.5 Å². The number of amides is 1. The molecular weight excluding hydrogens is 372 g/mol. The molecule has 4 nitrogen and oxygen atoms in total. The minimum absolute atomic E-state index is 0.140. The van der Waals surface area contributed by atoms with Gasteiger partial charge in [-0.15, -0.1) is 0 Å². The summed E-state index contributed by atoms with van der Waals surface area (Å²) in [5.74, 6) is 0.574. The molecule has 0 aliphatic carbocycles. The highest BCUT2D eigenvalue weighted by atomic mass is 35.5. The first-order chi connectivity index (χ1) is 13.6. The largest absolute Gasteiger partial charge is 0.467 e. The summed E-state index contributed by atoms with van der Waals surface area (Å²) in [6, 6.07) is 23.2. The molecule has 0 unspecified atom stereocenters. The van der Waals surface area contributed by atoms with Crippen LogP contribution in [0.5, 0.6) is 0 Å². The van der Waals surface area contributed by atoms with Crippen LogP contribution < -0.4 is 5.32 Å². The van der Waals surface area contributed by atoms with Crippen molar-refractivity contribution in [3.63, 3.8) is 0 Å². The summed E-state index contributed by atoms with van der Waals surface area (Å²) in [7, 11) is 0. The molecule has 1 N–H and O–H groups in total. The van der Waals surface area contributed by atoms with Gasteiger partial charge in [-0.05, 0) is 55.0 Å². The zero-order valence-electron chi connectivity index (χ0n) is 15.4. The van der Waals surface area contributed by atoms with E-state index in [1.165, 1.54) is 0 Å². The van der Waals surface area contributed by atoms with Crippen LogP contribution in [0.3, 0.4) is 0 Å². The number of benzene rings is 2. The second-order valence-corrected chi connectivity index (χ2v) is 6.90. The first-order valence-corrected chi connectivity index (χ1v) is 9.35. The number of hydrogen-bond acceptors (Lipinski definition) is 2. The average molecular weight is 391 g/mol. The highest BCUT2D eigenvalue weighted by Gasteiger charge is 2.19. The number of nitrogens with zero attached hydrogens (tertiary/aromatic N) is 1. The lowest BCUT2D eigenvalue weighted by molar-refractivity contribution is 0.0947. The van der Waals surface area contributed by atoms with E-state index >= 15 is 0 Å². The Labute approximate surface area is 168 Å². The first kappa shape index (κ1) is 18.1. The van der Waals surface area contributed by atoms with Gasteiger partial charge >= 0.3 is 0 Å². The Bertz CT molecular complexity index is 1080. The van der Waals surface area contributed by atoms with E-state index in [9.17, 15) is 4.79 Å². The fourth-order valence-electron chi connectivity index (χ4n) is 3.26. The second-order valence-electron chi connectivity index (χ2n) is 6.47. The quantitative estimate of drug-likeness (QED) is 0.480. The van der Waals surface area contributed by atoms with Crippen LogP contribution in [0.4, 0.5) is 0 Å². The maximum Gasteiger partial charge on any atom is 0.253 e. The number of nitrogens with one attached hydrogen (secondary N) is 1. The number of furan rings is 1. The van der Waals surface area contributed by atoms with Gasteiger partial charge in [-0.25, -0.2) is 0 Å². The Hall–Kier alpha value is -3.24. The lowest BCUT2D eigenvalue weighted by atomic mass is 10.1. The summed E-state index contributed by atoms with van der Waals surface area (Å²) in [5.41, 5.74) is 4.41. The second kappa shape index (κ2) is 7.79. The third-order valence-corrected chi connectivity index (χ3v) is 4.90. The number of carbonyl (C=O) groups is 1. The van der Waals surface area contributed by atoms with Crippen LogP contribution >= 0.6 is 11.6 Å². The van der Waals surface area contributed by atoms with Crippen molar-refractivity contribution < 1.29 is 9.21 Å². The van der Waals surface area contributed by atoms with Crippen LogP contribution in [0, 0.1) is 6.92 Å². The third kappa shape index (κ3) is 3.59. The summed E-state index contributed by atoms with van der Waals surface area (Å²) in [6.45, 7) is 2.30. The molecule has 0 saturated carbocycles. The predicted octanol–water partition coefficient (Wildman–Crippen LogP) is 5.63. The third-order valence-electron chi connectivity index (χ3n) is 4.65. The van der Waals surface area contributed by atoms with Crippen molar-refractivity contribution in [3.8, 4) is 16.9 Å². The van der Waals surface area contributed by atoms with E-state index < -0.39 is 0 Å². The van der Waals surface area contributed by atoms with E-state index in [4.69, 9.17) is 16.0 Å². The molecule has 2 aromatic carbocycles. The van der Waals surface area contributed by atoms with Gasteiger partial charge in [-0.1, -0.05) is 41.9 Å². The molecular formula is C23H19ClN2O2. The van der Waals surface area contributed by atoms with E-state index in [2.05, 4.69) is 9.88 Å². The molecule has 4 rings (SSSR count). The van der Waals surface area contributed by atoms with Gasteiger partial charge < -0.3 is 14.3 Å². The summed E-state index contributed by atoms with van der Waals surface area (Å²) >= 11 is 6.05. The van der Waals surface area contributed by atoms with E-state index in [1.54, 1.807) is 12.3 Å². The van der Waals surface area contributed by atoms with Crippen LogP contribution in [0.15, 0.2) is 83.5 Å². The van der Waals surface area contributed by atoms with Crippen molar-refractivity contribution in [2.45, 2.75) is 13.5 Å². The van der Waals surface area contributed by atoms with Crippen LogP contribution in [0.1, 0.15) is 21.8 Å². The van der Waals surface area contributed by atoms with Gasteiger partial charge in [-0.3, -0.25) is 4.79 Å². The summed E-state index contributed by atoms with van der Waals surface area (Å²) in [4.78, 5) is 12.9. The van der Waals surface area contributed by atoms with Gasteiger partial charge in [0, 0.05) is 16.4 Å². The SMILES string of the molecule is Cc1c(C(=O)NCc2ccco2)cc(-c2ccc(Cl)cc2)n1-c1ccccc1. The highest BCUT2D eigenvalue weighted by molar-refractivity contribution is 6.30. The smallest absolute Gasteiger partial charge is 0.253 e. The fourth-order valence-corrected chi connectivity index (χ4v) is 3.38. The van der Waals surface area contributed by atoms with Crippen molar-refractivity contribution in [2.75, 3.05) is 0 Å². The van der Waals surface area contributed by atoms with Crippen LogP contribution in [0.25, 0.3) is 16.9 Å². The molecule has 0 atom stereocenters. The van der Waals surface area contributed by atoms with Gasteiger partial charge in [0.15, 0.2) is 0 Å². The number of carbonyl (C=O) groups excluding carboxylic acids is 1. The van der Waals surface area contributed by atoms with Crippen LogP contribution in [-0.2, 0) is 6.54 Å². The molecule has 0 saturated heterocycles. The molecule has 0 aliphatic rings. The maximum atomic E-state index is 12.9. The highest BCUT2D eigenvalue weighted by Crippen LogP contribution is 2.30. The minimum atomic E-state index is -0.140. The summed E-state index contributed by atoms with van der Waals surface area (Å²) < 4.78 is 7.38. The first-order valence-electron chi connectivity index (χ1n) is 8.98. The van der Waals surface area contributed by atoms with E-state index in [0.29, 0.717) is 22.9 Å². The van der Waals surface area contributed by atoms with Gasteiger partial charge in [0.2, 0.25) is 0 Å². The van der Waals surface area contributed by atoms with Gasteiger partial charge in [0.1, 0.15) is 5.76 Å². The standard InChI is InChI=1S/C23H19ClN2O2/c1-16-21(23(27)25-15-20-8-5-13-28-20)14-22(17-9-11-18(24)12-10-17)26(16)19-6-3-2-4-7-19/h2-14H,15H2,1H3,(H,25,27). The number of rotatable bonds is 5. The van der Waals surface area contributed by atoms with Gasteiger partial charge in [0.05, 0.1) is 24.1 Å². The minimum Gasteiger partial charge on any atom is -0.467 e. The van der Waals surface area contributed by atoms with Gasteiger partial charge in [0.25, 0.3) is 5.91 Å². The summed E-state index contributed by atoms with van der Waals surface area (Å²) in [5, 5.41) is 3.60. The molecule has 2 heterocycles. The predicted molar refractivity (Wildman–Crippen MR) is 111 cm³/mol. The fraction of sp³-hybridized carbons (Fsp3) is 0.0870. The van der Waals surface area contributed by atoms with Crippen molar-refractivity contribution in [1.82, 2.24) is 9.88 Å². The van der Waals surface area contributed by atoms with E-state index in [-0.39, 0.29) is 5.91 Å². The van der Waals surface area contributed by atoms with Crippen molar-refractivity contribution in [1.29, 1.82) is 0 Å². The zero-order chi connectivity index (χ0) is 19.5. The van der Waals surface area contributed by atoms with E-state index in [0.717, 1.165) is 22.6 Å². The monoisotopic (exact) mass is 390 g/mol. The maximum absolute atomic E-state index is 12.9. The number of para-hydroxylation sites is 1. The number of aromatic nitrogens is 1. The number of halogens is 1. The van der Waals surface area contributed by atoms with Crippen molar-refractivity contribution in [2.24, 2.45) is 0 Å². The Morgan fingerprint density at radius 3 is 2.46 bits per heavy atom. The molecule has 0 spiro atoms. The molecule has 4 aromatic rings. The van der Waals surface area contributed by atoms with Crippen LogP contribution in [0.2, 0.25) is 5.02 Å². The normalized spacial score (nSPS) is 10.8. The molecule has 0 aliphatic heterocycles. The van der Waals surface area contributed by atoms with Gasteiger partial charge in [-0.2, -0.15) is 0 Å². The molecule has 2 aromatic heterocycles.